The van der Waals surface area contributed by atoms with E-state index in [9.17, 15) is 18.0 Å². The normalized spacial score (nSPS) is 18.4. The first kappa shape index (κ1) is 21.4. The maximum Gasteiger partial charge on any atom is 0.417 e. The van der Waals surface area contributed by atoms with Crippen LogP contribution >= 0.6 is 0 Å². The Morgan fingerprint density at radius 2 is 1.85 bits per heavy atom. The highest BCUT2D eigenvalue weighted by atomic mass is 32.2. The zero-order chi connectivity index (χ0) is 20.2. The number of carbonyl (C=O) groups excluding carboxylic acids is 2. The molecule has 1 aliphatic rings. The summed E-state index contributed by atoms with van der Waals surface area (Å²) in [6.45, 7) is 7.37. The van der Waals surface area contributed by atoms with E-state index in [0.29, 0.717) is 12.8 Å². The van der Waals surface area contributed by atoms with E-state index >= 15 is 0 Å². The van der Waals surface area contributed by atoms with Crippen LogP contribution < -0.4 is 0 Å². The van der Waals surface area contributed by atoms with Gasteiger partial charge in [-0.05, 0) is 58.6 Å². The number of rotatable bonds is 5. The molecular formula is C19H27NO6S. The van der Waals surface area contributed by atoms with Crippen molar-refractivity contribution in [3.63, 3.8) is 0 Å². The molecule has 1 fully saturated rings. The fourth-order valence-corrected chi connectivity index (χ4v) is 3.67. The molecule has 1 aromatic carbocycles. The van der Waals surface area contributed by atoms with Crippen LogP contribution in [0.15, 0.2) is 29.2 Å². The Morgan fingerprint density at radius 1 is 1.22 bits per heavy atom. The van der Waals surface area contributed by atoms with Gasteiger partial charge in [0.2, 0.25) is 5.91 Å². The van der Waals surface area contributed by atoms with Crippen LogP contribution in [0.2, 0.25) is 0 Å². The summed E-state index contributed by atoms with van der Waals surface area (Å²) in [6.07, 6.45) is 0.564. The van der Waals surface area contributed by atoms with Crippen molar-refractivity contribution in [2.45, 2.75) is 57.5 Å². The molecule has 27 heavy (non-hydrogen) atoms. The number of likely N-dealkylation sites (tertiary alicyclic amines) is 1. The van der Waals surface area contributed by atoms with E-state index in [2.05, 4.69) is 0 Å². The van der Waals surface area contributed by atoms with Crippen LogP contribution in [0.25, 0.3) is 0 Å². The third kappa shape index (κ3) is 6.32. The van der Waals surface area contributed by atoms with Gasteiger partial charge < -0.3 is 4.74 Å². The van der Waals surface area contributed by atoms with Gasteiger partial charge in [0.1, 0.15) is 5.60 Å². The Morgan fingerprint density at radius 3 is 2.41 bits per heavy atom. The van der Waals surface area contributed by atoms with Crippen molar-refractivity contribution in [3.05, 3.63) is 29.8 Å². The monoisotopic (exact) mass is 397 g/mol. The number of aryl methyl sites for hydroxylation is 1. The zero-order valence-electron chi connectivity index (χ0n) is 16.2. The van der Waals surface area contributed by atoms with Gasteiger partial charge in [0.15, 0.2) is 0 Å². The Kier molecular flexibility index (Phi) is 6.64. The lowest BCUT2D eigenvalue weighted by Crippen LogP contribution is -2.45. The SMILES string of the molecule is Cc1ccc(S(=O)(=O)OCC[C@H]2CCN(C(=O)OC(C)(C)C)C(=O)C2)cc1. The van der Waals surface area contributed by atoms with E-state index in [4.69, 9.17) is 8.92 Å². The van der Waals surface area contributed by atoms with Crippen molar-refractivity contribution in [1.29, 1.82) is 0 Å². The molecule has 1 saturated heterocycles. The molecule has 0 aromatic heterocycles. The van der Waals surface area contributed by atoms with Crippen LogP contribution in [0, 0.1) is 12.8 Å². The number of piperidine rings is 1. The number of carbonyl (C=O) groups is 2. The minimum atomic E-state index is -3.81. The van der Waals surface area contributed by atoms with Gasteiger partial charge in [-0.2, -0.15) is 8.42 Å². The van der Waals surface area contributed by atoms with Crippen molar-refractivity contribution < 1.29 is 26.9 Å². The molecular weight excluding hydrogens is 370 g/mol. The van der Waals surface area contributed by atoms with Gasteiger partial charge in [0.05, 0.1) is 11.5 Å². The predicted molar refractivity (Wildman–Crippen MR) is 99.6 cm³/mol. The molecule has 0 radical (unpaired) electrons. The maximum atomic E-state index is 12.2. The summed E-state index contributed by atoms with van der Waals surface area (Å²) in [6, 6.07) is 6.43. The first-order chi connectivity index (χ1) is 12.5. The summed E-state index contributed by atoms with van der Waals surface area (Å²) >= 11 is 0. The van der Waals surface area contributed by atoms with Crippen LogP contribution in [0.4, 0.5) is 4.79 Å². The lowest BCUT2D eigenvalue weighted by atomic mass is 9.93. The largest absolute Gasteiger partial charge is 0.443 e. The highest BCUT2D eigenvalue weighted by Gasteiger charge is 2.33. The lowest BCUT2D eigenvalue weighted by Gasteiger charge is -2.31. The Labute approximate surface area is 160 Å². The molecule has 0 N–H and O–H groups in total. The molecule has 0 aliphatic carbocycles. The molecule has 1 atom stereocenters. The van der Waals surface area contributed by atoms with Gasteiger partial charge in [-0.25, -0.2) is 9.69 Å². The first-order valence-corrected chi connectivity index (χ1v) is 10.4. The molecule has 1 heterocycles. The highest BCUT2D eigenvalue weighted by Crippen LogP contribution is 2.24. The van der Waals surface area contributed by atoms with Crippen molar-refractivity contribution >= 4 is 22.1 Å². The number of benzene rings is 1. The van der Waals surface area contributed by atoms with Crippen molar-refractivity contribution in [2.24, 2.45) is 5.92 Å². The van der Waals surface area contributed by atoms with Crippen molar-refractivity contribution in [2.75, 3.05) is 13.2 Å². The van der Waals surface area contributed by atoms with Gasteiger partial charge in [-0.3, -0.25) is 8.98 Å². The van der Waals surface area contributed by atoms with Crippen LogP contribution in [0.1, 0.15) is 45.6 Å². The van der Waals surface area contributed by atoms with E-state index < -0.39 is 21.8 Å². The topological polar surface area (TPSA) is 90.0 Å². The van der Waals surface area contributed by atoms with Gasteiger partial charge in [-0.1, -0.05) is 17.7 Å². The molecule has 1 aromatic rings. The maximum absolute atomic E-state index is 12.2. The minimum absolute atomic E-state index is 0.000589. The zero-order valence-corrected chi connectivity index (χ0v) is 17.0. The van der Waals surface area contributed by atoms with Crippen LogP contribution in [0.5, 0.6) is 0 Å². The minimum Gasteiger partial charge on any atom is -0.443 e. The van der Waals surface area contributed by atoms with E-state index in [0.717, 1.165) is 10.5 Å². The number of amides is 2. The summed E-state index contributed by atoms with van der Waals surface area (Å²) in [5.74, 6) is -0.328. The molecule has 1 aliphatic heterocycles. The fourth-order valence-electron chi connectivity index (χ4n) is 2.75. The number of ether oxygens (including phenoxy) is 1. The molecule has 0 bridgehead atoms. The van der Waals surface area contributed by atoms with Gasteiger partial charge >= 0.3 is 6.09 Å². The van der Waals surface area contributed by atoms with Crippen LogP contribution in [-0.2, 0) is 23.8 Å². The molecule has 0 unspecified atom stereocenters. The van der Waals surface area contributed by atoms with Crippen LogP contribution in [0.3, 0.4) is 0 Å². The standard InChI is InChI=1S/C19H27NO6S/c1-14-5-7-16(8-6-14)27(23,24)25-12-10-15-9-11-20(17(21)13-15)18(22)26-19(2,3)4/h5-8,15H,9-13H2,1-4H3/t15-/m1/s1. The molecule has 8 heteroatoms. The third-order valence-electron chi connectivity index (χ3n) is 4.21. The highest BCUT2D eigenvalue weighted by molar-refractivity contribution is 7.86. The Hall–Kier alpha value is -1.93. The van der Waals surface area contributed by atoms with Gasteiger partial charge in [0, 0.05) is 13.0 Å². The van der Waals surface area contributed by atoms with E-state index in [1.165, 1.54) is 12.1 Å². The van der Waals surface area contributed by atoms with Crippen molar-refractivity contribution in [3.8, 4) is 0 Å². The third-order valence-corrected chi connectivity index (χ3v) is 5.54. The number of hydrogen-bond donors (Lipinski definition) is 0. The average Bonchev–Trinajstić information content (AvgIpc) is 2.53. The second-order valence-electron chi connectivity index (χ2n) is 7.76. The fraction of sp³-hybridized carbons (Fsp3) is 0.579. The molecule has 0 spiro atoms. The lowest BCUT2D eigenvalue weighted by molar-refractivity contribution is -0.134. The van der Waals surface area contributed by atoms with Gasteiger partial charge in [-0.15, -0.1) is 0 Å². The van der Waals surface area contributed by atoms with E-state index in [-0.39, 0.29) is 36.3 Å². The summed E-state index contributed by atoms with van der Waals surface area (Å²) in [5.41, 5.74) is 0.302. The summed E-state index contributed by atoms with van der Waals surface area (Å²) < 4.78 is 34.6. The predicted octanol–water partition coefficient (Wildman–Crippen LogP) is 3.26. The van der Waals surface area contributed by atoms with E-state index in [1.807, 2.05) is 6.92 Å². The van der Waals surface area contributed by atoms with E-state index in [1.54, 1.807) is 32.9 Å². The number of nitrogens with zero attached hydrogens (tertiary/aromatic N) is 1. The second-order valence-corrected chi connectivity index (χ2v) is 9.38. The first-order valence-electron chi connectivity index (χ1n) is 8.97. The second kappa shape index (κ2) is 8.39. The van der Waals surface area contributed by atoms with Gasteiger partial charge in [0.25, 0.3) is 10.1 Å². The molecule has 150 valence electrons. The molecule has 2 rings (SSSR count). The summed E-state index contributed by atoms with van der Waals surface area (Å²) in [7, 11) is -3.81. The Balaban J connectivity index is 1.82. The van der Waals surface area contributed by atoms with Crippen LogP contribution in [-0.4, -0.2) is 44.1 Å². The number of hydrogen-bond acceptors (Lipinski definition) is 6. The number of imide groups is 1. The summed E-state index contributed by atoms with van der Waals surface area (Å²) in [5, 5.41) is 0. The molecule has 2 amide bonds. The molecule has 7 nitrogen and oxygen atoms in total. The van der Waals surface area contributed by atoms with Crippen molar-refractivity contribution in [1.82, 2.24) is 4.90 Å². The Bertz CT molecular complexity index is 779. The quantitative estimate of drug-likeness (QED) is 0.709. The smallest absolute Gasteiger partial charge is 0.417 e. The average molecular weight is 397 g/mol. The molecule has 0 saturated carbocycles. The summed E-state index contributed by atoms with van der Waals surface area (Å²) in [4.78, 5) is 25.5.